The van der Waals surface area contributed by atoms with Gasteiger partial charge in [-0.1, -0.05) is 13.0 Å². The van der Waals surface area contributed by atoms with Gasteiger partial charge < -0.3 is 0 Å². The highest BCUT2D eigenvalue weighted by Gasteiger charge is 2.17. The van der Waals surface area contributed by atoms with Crippen LogP contribution in [0.5, 0.6) is 0 Å². The summed E-state index contributed by atoms with van der Waals surface area (Å²) in [5, 5.41) is 0. The van der Waals surface area contributed by atoms with Gasteiger partial charge in [0.25, 0.3) is 0 Å². The third-order valence-corrected chi connectivity index (χ3v) is 5.22. The molecule has 1 aliphatic carbocycles. The van der Waals surface area contributed by atoms with Crippen molar-refractivity contribution in [3.8, 4) is 0 Å². The van der Waals surface area contributed by atoms with Crippen LogP contribution in [0.25, 0.3) is 0 Å². The fourth-order valence-corrected chi connectivity index (χ4v) is 3.95. The van der Waals surface area contributed by atoms with Crippen molar-refractivity contribution < 1.29 is 8.42 Å². The second-order valence-corrected chi connectivity index (χ2v) is 7.06. The molecule has 0 bridgehead atoms. The summed E-state index contributed by atoms with van der Waals surface area (Å²) in [4.78, 5) is 0. The number of nitrogens with one attached hydrogen (secondary N) is 1. The normalized spacial score (nSPS) is 16.3. The zero-order valence-corrected chi connectivity index (χ0v) is 12.0. The van der Waals surface area contributed by atoms with E-state index < -0.39 is 10.0 Å². The van der Waals surface area contributed by atoms with Crippen LogP contribution < -0.4 is 4.72 Å². The maximum atomic E-state index is 11.9. The minimum absolute atomic E-state index is 0.0430. The van der Waals surface area contributed by atoms with E-state index in [0.29, 0.717) is 11.6 Å². The van der Waals surface area contributed by atoms with E-state index in [4.69, 9.17) is 11.6 Å². The molecule has 0 amide bonds. The van der Waals surface area contributed by atoms with Crippen LogP contribution in [0.1, 0.15) is 24.5 Å². The molecule has 100 valence electrons. The average molecular weight is 288 g/mol. The first-order valence-corrected chi connectivity index (χ1v) is 8.37. The molecular weight excluding hydrogens is 270 g/mol. The molecule has 0 aliphatic heterocycles. The number of aryl methyl sites for hydroxylation is 2. The van der Waals surface area contributed by atoms with E-state index in [0.717, 1.165) is 19.3 Å². The van der Waals surface area contributed by atoms with Crippen molar-refractivity contribution in [2.45, 2.75) is 26.2 Å². The summed E-state index contributed by atoms with van der Waals surface area (Å²) in [6.07, 6.45) is 3.31. The average Bonchev–Trinajstić information content (AvgIpc) is 2.74. The predicted octanol–water partition coefficient (Wildman–Crippen LogP) is 2.79. The summed E-state index contributed by atoms with van der Waals surface area (Å²) in [5.74, 6) is 0.372. The number of sulfonamides is 1. The highest BCUT2D eigenvalue weighted by molar-refractivity contribution is 7.92. The van der Waals surface area contributed by atoms with Gasteiger partial charge in [0.2, 0.25) is 10.0 Å². The molecule has 1 aromatic rings. The summed E-state index contributed by atoms with van der Waals surface area (Å²) in [6.45, 7) is 1.83. The van der Waals surface area contributed by atoms with Crippen LogP contribution >= 0.6 is 11.6 Å². The minimum Gasteiger partial charge on any atom is -0.284 e. The van der Waals surface area contributed by atoms with Crippen molar-refractivity contribution in [1.29, 1.82) is 0 Å². The topological polar surface area (TPSA) is 46.2 Å². The Labute approximate surface area is 114 Å². The lowest BCUT2D eigenvalue weighted by molar-refractivity contribution is 0.588. The minimum atomic E-state index is -3.30. The third kappa shape index (κ3) is 3.39. The molecule has 0 saturated carbocycles. The fraction of sp³-hybridized carbons (Fsp3) is 0.538. The Morgan fingerprint density at radius 2 is 2.06 bits per heavy atom. The Morgan fingerprint density at radius 1 is 1.33 bits per heavy atom. The summed E-state index contributed by atoms with van der Waals surface area (Å²) in [7, 11) is -3.30. The quantitative estimate of drug-likeness (QED) is 0.847. The molecule has 3 nitrogen and oxygen atoms in total. The molecule has 0 heterocycles. The van der Waals surface area contributed by atoms with Gasteiger partial charge in [-0.3, -0.25) is 4.72 Å². The van der Waals surface area contributed by atoms with Crippen molar-refractivity contribution >= 4 is 27.3 Å². The van der Waals surface area contributed by atoms with Crippen LogP contribution in [-0.4, -0.2) is 20.1 Å². The van der Waals surface area contributed by atoms with Crippen LogP contribution in [0, 0.1) is 5.92 Å². The number of fused-ring (bicyclic) bond motifs is 1. The summed E-state index contributed by atoms with van der Waals surface area (Å²) >= 11 is 5.65. The van der Waals surface area contributed by atoms with Crippen LogP contribution in [0.15, 0.2) is 18.2 Å². The number of anilines is 1. The van der Waals surface area contributed by atoms with Crippen molar-refractivity contribution in [3.05, 3.63) is 29.3 Å². The molecule has 18 heavy (non-hydrogen) atoms. The predicted molar refractivity (Wildman–Crippen MR) is 75.8 cm³/mol. The first kappa shape index (κ1) is 13.7. The molecule has 1 aliphatic rings. The fourth-order valence-electron chi connectivity index (χ4n) is 2.28. The molecule has 5 heteroatoms. The van der Waals surface area contributed by atoms with E-state index >= 15 is 0 Å². The number of alkyl halides is 1. The van der Waals surface area contributed by atoms with E-state index in [1.807, 2.05) is 25.1 Å². The van der Waals surface area contributed by atoms with Crippen molar-refractivity contribution in [2.75, 3.05) is 16.4 Å². The van der Waals surface area contributed by atoms with Crippen molar-refractivity contribution in [3.63, 3.8) is 0 Å². The summed E-state index contributed by atoms with van der Waals surface area (Å²) in [6, 6.07) is 5.81. The molecule has 0 aromatic heterocycles. The molecule has 1 N–H and O–H groups in total. The maximum absolute atomic E-state index is 11.9. The summed E-state index contributed by atoms with van der Waals surface area (Å²) < 4.78 is 26.4. The van der Waals surface area contributed by atoms with Gasteiger partial charge in [-0.15, -0.1) is 11.6 Å². The number of hydrogen-bond donors (Lipinski definition) is 1. The van der Waals surface area contributed by atoms with E-state index in [9.17, 15) is 8.42 Å². The number of rotatable bonds is 5. The zero-order chi connectivity index (χ0) is 13.2. The van der Waals surface area contributed by atoms with E-state index in [1.165, 1.54) is 11.1 Å². The van der Waals surface area contributed by atoms with Gasteiger partial charge in [0.1, 0.15) is 0 Å². The lowest BCUT2D eigenvalue weighted by Crippen LogP contribution is -2.22. The molecule has 2 rings (SSSR count). The maximum Gasteiger partial charge on any atom is 0.233 e. The van der Waals surface area contributed by atoms with Crippen LogP contribution in [0.3, 0.4) is 0 Å². The van der Waals surface area contributed by atoms with Crippen LogP contribution in [-0.2, 0) is 22.9 Å². The molecule has 1 atom stereocenters. The molecule has 0 spiro atoms. The van der Waals surface area contributed by atoms with E-state index in [1.54, 1.807) is 0 Å². The molecule has 0 saturated heterocycles. The third-order valence-electron chi connectivity index (χ3n) is 3.14. The number of benzene rings is 1. The van der Waals surface area contributed by atoms with Gasteiger partial charge in [-0.05, 0) is 48.4 Å². The van der Waals surface area contributed by atoms with E-state index in [-0.39, 0.29) is 11.7 Å². The van der Waals surface area contributed by atoms with Crippen molar-refractivity contribution in [1.82, 2.24) is 0 Å². The van der Waals surface area contributed by atoms with Gasteiger partial charge in [0, 0.05) is 11.6 Å². The smallest absolute Gasteiger partial charge is 0.233 e. The highest BCUT2D eigenvalue weighted by Crippen LogP contribution is 2.25. The Bertz CT molecular complexity index is 528. The SMILES string of the molecule is CC(CCl)CS(=O)(=O)Nc1ccc2c(c1)CCC2. The monoisotopic (exact) mass is 287 g/mol. The van der Waals surface area contributed by atoms with Gasteiger partial charge in [-0.25, -0.2) is 8.42 Å². The summed E-state index contributed by atoms with van der Waals surface area (Å²) in [5.41, 5.74) is 3.27. The number of halogens is 1. The molecule has 1 aromatic carbocycles. The van der Waals surface area contributed by atoms with Crippen LogP contribution in [0.4, 0.5) is 5.69 Å². The Hall–Kier alpha value is -0.740. The first-order valence-electron chi connectivity index (χ1n) is 6.18. The van der Waals surface area contributed by atoms with Gasteiger partial charge in [0.05, 0.1) is 5.75 Å². The molecule has 1 unspecified atom stereocenters. The number of hydrogen-bond acceptors (Lipinski definition) is 2. The highest BCUT2D eigenvalue weighted by atomic mass is 35.5. The van der Waals surface area contributed by atoms with Gasteiger partial charge in [0.15, 0.2) is 0 Å². The Morgan fingerprint density at radius 3 is 2.78 bits per heavy atom. The van der Waals surface area contributed by atoms with Crippen molar-refractivity contribution in [2.24, 2.45) is 5.92 Å². The largest absolute Gasteiger partial charge is 0.284 e. The standard InChI is InChI=1S/C13H18ClNO2S/c1-10(8-14)9-18(16,17)15-13-6-5-11-3-2-4-12(11)7-13/h5-7,10,15H,2-4,8-9H2,1H3. The zero-order valence-electron chi connectivity index (χ0n) is 10.4. The first-order chi connectivity index (χ1) is 8.50. The lowest BCUT2D eigenvalue weighted by atomic mass is 10.1. The second kappa shape index (κ2) is 5.49. The van der Waals surface area contributed by atoms with Gasteiger partial charge in [-0.2, -0.15) is 0 Å². The van der Waals surface area contributed by atoms with Crippen LogP contribution in [0.2, 0.25) is 0 Å². The second-order valence-electron chi connectivity index (χ2n) is 4.98. The Kier molecular flexibility index (Phi) is 4.17. The van der Waals surface area contributed by atoms with E-state index in [2.05, 4.69) is 4.72 Å². The molecular formula is C13H18ClNO2S. The van der Waals surface area contributed by atoms with Gasteiger partial charge >= 0.3 is 0 Å². The lowest BCUT2D eigenvalue weighted by Gasteiger charge is -2.12. The molecule has 0 fully saturated rings. The Balaban J connectivity index is 2.09. The molecule has 0 radical (unpaired) electrons.